The van der Waals surface area contributed by atoms with Crippen LogP contribution in [-0.2, 0) is 5.75 Å². The van der Waals surface area contributed by atoms with Crippen LogP contribution < -0.4 is 5.32 Å². The fourth-order valence-corrected chi connectivity index (χ4v) is 2.87. The van der Waals surface area contributed by atoms with E-state index in [-0.39, 0.29) is 0 Å². The van der Waals surface area contributed by atoms with Gasteiger partial charge in [0.25, 0.3) is 0 Å². The van der Waals surface area contributed by atoms with E-state index in [9.17, 15) is 0 Å². The van der Waals surface area contributed by atoms with Crippen LogP contribution in [0.5, 0.6) is 0 Å². The molecule has 0 aliphatic rings. The van der Waals surface area contributed by atoms with Gasteiger partial charge in [0, 0.05) is 29.9 Å². The van der Waals surface area contributed by atoms with E-state index in [0.717, 1.165) is 34.0 Å². The van der Waals surface area contributed by atoms with Crippen LogP contribution in [0.4, 0.5) is 5.82 Å². The molecule has 0 saturated heterocycles. The second-order valence-corrected chi connectivity index (χ2v) is 5.54. The largest absolute Gasteiger partial charge is 0.370 e. The standard InChI is InChI=1S/C11H14N4S2/c1-3-12-9-6-8(2)14-10(15-9)7-17-11-13-4-5-16-11/h4-6H,3,7H2,1-2H3,(H,12,14,15). The minimum absolute atomic E-state index is 0.758. The van der Waals surface area contributed by atoms with Gasteiger partial charge in [-0.05, 0) is 13.8 Å². The molecule has 0 bridgehead atoms. The number of anilines is 1. The molecule has 0 aromatic carbocycles. The van der Waals surface area contributed by atoms with Crippen molar-refractivity contribution in [2.24, 2.45) is 0 Å². The van der Waals surface area contributed by atoms with Gasteiger partial charge >= 0.3 is 0 Å². The summed E-state index contributed by atoms with van der Waals surface area (Å²) in [6, 6.07) is 1.96. The van der Waals surface area contributed by atoms with Crippen LogP contribution in [-0.4, -0.2) is 21.5 Å². The maximum Gasteiger partial charge on any atom is 0.150 e. The van der Waals surface area contributed by atoms with Crippen LogP contribution in [0, 0.1) is 6.92 Å². The summed E-state index contributed by atoms with van der Waals surface area (Å²) in [7, 11) is 0. The summed E-state index contributed by atoms with van der Waals surface area (Å²) < 4.78 is 1.06. The highest BCUT2D eigenvalue weighted by Gasteiger charge is 2.04. The number of nitrogens with zero attached hydrogens (tertiary/aromatic N) is 3. The van der Waals surface area contributed by atoms with E-state index in [1.807, 2.05) is 24.6 Å². The number of aryl methyl sites for hydroxylation is 1. The average molecular weight is 266 g/mol. The molecule has 1 N–H and O–H groups in total. The summed E-state index contributed by atoms with van der Waals surface area (Å²) in [5.74, 6) is 2.50. The van der Waals surface area contributed by atoms with Crippen LogP contribution >= 0.6 is 23.1 Å². The third-order valence-electron chi connectivity index (χ3n) is 1.99. The number of nitrogens with one attached hydrogen (secondary N) is 1. The Bertz CT molecular complexity index is 470. The lowest BCUT2D eigenvalue weighted by molar-refractivity contribution is 0.985. The van der Waals surface area contributed by atoms with Gasteiger partial charge in [-0.3, -0.25) is 0 Å². The van der Waals surface area contributed by atoms with Gasteiger partial charge in [-0.1, -0.05) is 11.8 Å². The van der Waals surface area contributed by atoms with Gasteiger partial charge in [-0.15, -0.1) is 11.3 Å². The predicted molar refractivity (Wildman–Crippen MR) is 72.6 cm³/mol. The third kappa shape index (κ3) is 3.67. The number of hydrogen-bond donors (Lipinski definition) is 1. The summed E-state index contributed by atoms with van der Waals surface area (Å²) in [6.07, 6.45) is 1.81. The summed E-state index contributed by atoms with van der Waals surface area (Å²) >= 11 is 3.31. The van der Waals surface area contributed by atoms with Gasteiger partial charge in [-0.2, -0.15) is 0 Å². The first-order valence-corrected chi connectivity index (χ1v) is 7.25. The van der Waals surface area contributed by atoms with E-state index < -0.39 is 0 Å². The normalized spacial score (nSPS) is 10.5. The zero-order valence-electron chi connectivity index (χ0n) is 9.80. The fraction of sp³-hybridized carbons (Fsp3) is 0.364. The summed E-state index contributed by atoms with van der Waals surface area (Å²) in [5.41, 5.74) is 0.991. The van der Waals surface area contributed by atoms with Crippen molar-refractivity contribution in [2.45, 2.75) is 23.9 Å². The Morgan fingerprint density at radius 1 is 1.41 bits per heavy atom. The van der Waals surface area contributed by atoms with Gasteiger partial charge in [0.1, 0.15) is 16.0 Å². The Morgan fingerprint density at radius 3 is 3.00 bits per heavy atom. The molecule has 2 aromatic rings. The van der Waals surface area contributed by atoms with Gasteiger partial charge < -0.3 is 5.32 Å². The smallest absolute Gasteiger partial charge is 0.150 e. The molecule has 0 radical (unpaired) electrons. The van der Waals surface area contributed by atoms with Crippen molar-refractivity contribution < 1.29 is 0 Å². The second-order valence-electron chi connectivity index (χ2n) is 3.43. The molecule has 0 unspecified atom stereocenters. The molecule has 0 spiro atoms. The molecule has 2 rings (SSSR count). The number of rotatable bonds is 5. The lowest BCUT2D eigenvalue weighted by Crippen LogP contribution is -2.04. The van der Waals surface area contributed by atoms with E-state index in [2.05, 4.69) is 27.2 Å². The SMILES string of the molecule is CCNc1cc(C)nc(CSc2nccs2)n1. The minimum Gasteiger partial charge on any atom is -0.370 e. The summed E-state index contributed by atoms with van der Waals surface area (Å²) in [6.45, 7) is 4.91. The van der Waals surface area contributed by atoms with Crippen LogP contribution in [0.25, 0.3) is 0 Å². The minimum atomic E-state index is 0.758. The quantitative estimate of drug-likeness (QED) is 0.843. The van der Waals surface area contributed by atoms with Crippen LogP contribution in [0.3, 0.4) is 0 Å². The number of thiazole rings is 1. The molecular weight excluding hydrogens is 252 g/mol. The van der Waals surface area contributed by atoms with Crippen molar-refractivity contribution in [3.8, 4) is 0 Å². The lowest BCUT2D eigenvalue weighted by Gasteiger charge is -2.05. The highest BCUT2D eigenvalue weighted by atomic mass is 32.2. The third-order valence-corrected chi connectivity index (χ3v) is 3.95. The van der Waals surface area contributed by atoms with Crippen molar-refractivity contribution in [2.75, 3.05) is 11.9 Å². The number of hydrogen-bond acceptors (Lipinski definition) is 6. The van der Waals surface area contributed by atoms with Crippen LogP contribution in [0.2, 0.25) is 0 Å². The maximum atomic E-state index is 4.46. The van der Waals surface area contributed by atoms with Crippen molar-refractivity contribution in [3.05, 3.63) is 29.2 Å². The molecule has 4 nitrogen and oxygen atoms in total. The molecule has 0 fully saturated rings. The first-order chi connectivity index (χ1) is 8.28. The van der Waals surface area contributed by atoms with E-state index in [4.69, 9.17) is 0 Å². The van der Waals surface area contributed by atoms with E-state index in [1.54, 1.807) is 23.1 Å². The van der Waals surface area contributed by atoms with Crippen molar-refractivity contribution in [3.63, 3.8) is 0 Å². The molecule has 0 aliphatic heterocycles. The Morgan fingerprint density at radius 2 is 2.29 bits per heavy atom. The summed E-state index contributed by atoms with van der Waals surface area (Å²) in [5, 5.41) is 5.18. The second kappa shape index (κ2) is 5.97. The van der Waals surface area contributed by atoms with E-state index in [1.165, 1.54) is 0 Å². The molecule has 2 aromatic heterocycles. The van der Waals surface area contributed by atoms with Gasteiger partial charge in [0.05, 0.1) is 5.75 Å². The highest BCUT2D eigenvalue weighted by Crippen LogP contribution is 2.23. The molecule has 0 saturated carbocycles. The monoisotopic (exact) mass is 266 g/mol. The molecular formula is C11H14N4S2. The van der Waals surface area contributed by atoms with Crippen molar-refractivity contribution in [1.82, 2.24) is 15.0 Å². The van der Waals surface area contributed by atoms with Crippen molar-refractivity contribution in [1.29, 1.82) is 0 Å². The van der Waals surface area contributed by atoms with Crippen molar-refractivity contribution >= 4 is 28.9 Å². The highest BCUT2D eigenvalue weighted by molar-refractivity contribution is 8.00. The Kier molecular flexibility index (Phi) is 4.33. The molecule has 17 heavy (non-hydrogen) atoms. The first kappa shape index (κ1) is 12.3. The first-order valence-electron chi connectivity index (χ1n) is 5.38. The molecule has 0 amide bonds. The Hall–Kier alpha value is -1.14. The molecule has 90 valence electrons. The Labute approximate surface area is 109 Å². The zero-order chi connectivity index (χ0) is 12.1. The maximum absolute atomic E-state index is 4.46. The van der Waals surface area contributed by atoms with E-state index in [0.29, 0.717) is 0 Å². The summed E-state index contributed by atoms with van der Waals surface area (Å²) in [4.78, 5) is 13.1. The predicted octanol–water partition coefficient (Wildman–Crippen LogP) is 2.97. The van der Waals surface area contributed by atoms with E-state index >= 15 is 0 Å². The van der Waals surface area contributed by atoms with Crippen LogP contribution in [0.1, 0.15) is 18.4 Å². The topological polar surface area (TPSA) is 50.7 Å². The molecule has 6 heteroatoms. The van der Waals surface area contributed by atoms with Gasteiger partial charge in [-0.25, -0.2) is 15.0 Å². The average Bonchev–Trinajstić information content (AvgIpc) is 2.79. The number of thioether (sulfide) groups is 1. The van der Waals surface area contributed by atoms with Crippen LogP contribution in [0.15, 0.2) is 22.0 Å². The zero-order valence-corrected chi connectivity index (χ0v) is 11.4. The van der Waals surface area contributed by atoms with Gasteiger partial charge in [0.15, 0.2) is 0 Å². The lowest BCUT2D eigenvalue weighted by atomic mass is 10.4. The molecule has 0 atom stereocenters. The number of aromatic nitrogens is 3. The molecule has 0 aliphatic carbocycles. The Balaban J connectivity index is 2.04. The van der Waals surface area contributed by atoms with Gasteiger partial charge in [0.2, 0.25) is 0 Å². The fourth-order valence-electron chi connectivity index (χ4n) is 1.37. The molecule has 2 heterocycles.